The van der Waals surface area contributed by atoms with Crippen LogP contribution in [0.4, 0.5) is 0 Å². The van der Waals surface area contributed by atoms with Crippen LogP contribution >= 0.6 is 12.6 Å². The Hall–Kier alpha value is -1.65. The topological polar surface area (TPSA) is 173 Å². The van der Waals surface area contributed by atoms with E-state index in [0.29, 0.717) is 19.4 Å². The smallest absolute Gasteiger partial charge is 0.320 e. The van der Waals surface area contributed by atoms with E-state index in [1.165, 1.54) is 0 Å². The highest BCUT2D eigenvalue weighted by molar-refractivity contribution is 7.80. The quantitative estimate of drug-likeness (QED) is 0.169. The number of carboxylic acid groups (broad SMARTS) is 2. The molecule has 9 nitrogen and oxygen atoms in total. The monoisotopic (exact) mass is 376 g/mol. The number of aliphatic carboxylic acids is 2. The van der Waals surface area contributed by atoms with Crippen LogP contribution in [0.5, 0.6) is 0 Å². The summed E-state index contributed by atoms with van der Waals surface area (Å²) in [5.74, 6) is -4.41. The molecule has 10 heteroatoms. The Morgan fingerprint density at radius 3 is 2.20 bits per heavy atom. The number of hydrogen-bond donors (Lipinski definition) is 6. The van der Waals surface area contributed by atoms with Crippen molar-refractivity contribution in [3.05, 3.63) is 6.42 Å². The molecule has 143 valence electrons. The average Bonchev–Trinajstić information content (AvgIpc) is 2.56. The fourth-order valence-electron chi connectivity index (χ4n) is 1.98. The lowest BCUT2D eigenvalue weighted by molar-refractivity contribution is -0.142. The third kappa shape index (κ3) is 10.0. The fourth-order valence-corrected chi connectivity index (χ4v) is 2.26. The van der Waals surface area contributed by atoms with Gasteiger partial charge < -0.3 is 27.0 Å². The van der Waals surface area contributed by atoms with E-state index in [0.717, 1.165) is 6.42 Å². The van der Waals surface area contributed by atoms with Crippen molar-refractivity contribution in [2.45, 2.75) is 44.2 Å². The highest BCUT2D eigenvalue weighted by Gasteiger charge is 2.27. The highest BCUT2D eigenvalue weighted by atomic mass is 32.1. The van der Waals surface area contributed by atoms with Crippen LogP contribution in [-0.2, 0) is 19.2 Å². The molecule has 0 saturated carbocycles. The molecule has 1 radical (unpaired) electrons. The number of carbonyl (C=O) groups is 4. The van der Waals surface area contributed by atoms with Crippen LogP contribution in [0.1, 0.15) is 32.1 Å². The summed E-state index contributed by atoms with van der Waals surface area (Å²) in [5.41, 5.74) is 10.7. The molecule has 0 saturated heterocycles. The second-order valence-electron chi connectivity index (χ2n) is 5.58. The standard InChI is InChI=1S/C15H26N3O6S/c16-6-2-1-3-9(14(21)22)7-12(19)11(8-25)18-13(20)5-4-10(17)15(23)24/h7,9-11,25H,1-6,8,16-17H2,(H,18,20)(H,21,22)(H,23,24). The number of amides is 1. The maximum absolute atomic E-state index is 12.2. The van der Waals surface area contributed by atoms with E-state index in [2.05, 4.69) is 17.9 Å². The van der Waals surface area contributed by atoms with Crippen LogP contribution in [0.15, 0.2) is 0 Å². The lowest BCUT2D eigenvalue weighted by Gasteiger charge is -2.18. The molecule has 0 aromatic rings. The normalized spacial score (nSPS) is 14.4. The molecular weight excluding hydrogens is 350 g/mol. The lowest BCUT2D eigenvalue weighted by atomic mass is 9.94. The molecule has 0 rings (SSSR count). The van der Waals surface area contributed by atoms with E-state index >= 15 is 0 Å². The SMILES string of the molecule is NCCCCC([CH]C(=O)C(CS)NC(=O)CCC(N)C(=O)O)C(=O)O. The molecule has 0 aliphatic carbocycles. The van der Waals surface area contributed by atoms with Gasteiger partial charge in [-0.25, -0.2) is 0 Å². The summed E-state index contributed by atoms with van der Waals surface area (Å²) in [6, 6.07) is -2.14. The molecule has 25 heavy (non-hydrogen) atoms. The molecule has 0 bridgehead atoms. The Morgan fingerprint density at radius 2 is 1.72 bits per heavy atom. The van der Waals surface area contributed by atoms with Gasteiger partial charge in [0, 0.05) is 18.6 Å². The van der Waals surface area contributed by atoms with Crippen LogP contribution in [0, 0.1) is 12.3 Å². The van der Waals surface area contributed by atoms with E-state index in [1.54, 1.807) is 0 Å². The van der Waals surface area contributed by atoms with Crippen molar-refractivity contribution in [3.63, 3.8) is 0 Å². The molecule has 0 fully saturated rings. The lowest BCUT2D eigenvalue weighted by Crippen LogP contribution is -2.44. The van der Waals surface area contributed by atoms with Gasteiger partial charge in [-0.3, -0.25) is 19.2 Å². The minimum atomic E-state index is -1.22. The average molecular weight is 376 g/mol. The van der Waals surface area contributed by atoms with Gasteiger partial charge >= 0.3 is 11.9 Å². The molecule has 7 N–H and O–H groups in total. The van der Waals surface area contributed by atoms with Crippen LogP contribution in [0.3, 0.4) is 0 Å². The Bertz CT molecular complexity index is 474. The third-order valence-electron chi connectivity index (χ3n) is 3.51. The first kappa shape index (κ1) is 23.4. The van der Waals surface area contributed by atoms with Crippen molar-refractivity contribution in [1.82, 2.24) is 5.32 Å². The molecule has 3 atom stereocenters. The van der Waals surface area contributed by atoms with E-state index in [-0.39, 0.29) is 25.0 Å². The van der Waals surface area contributed by atoms with Crippen molar-refractivity contribution >= 4 is 36.3 Å². The van der Waals surface area contributed by atoms with Crippen LogP contribution < -0.4 is 16.8 Å². The maximum Gasteiger partial charge on any atom is 0.320 e. The van der Waals surface area contributed by atoms with Gasteiger partial charge in [-0.1, -0.05) is 6.42 Å². The first-order valence-corrected chi connectivity index (χ1v) is 8.56. The molecule has 0 aromatic heterocycles. The van der Waals surface area contributed by atoms with Crippen LogP contribution in [0.2, 0.25) is 0 Å². The summed E-state index contributed by atoms with van der Waals surface area (Å²) < 4.78 is 0. The molecule has 1 amide bonds. The number of hydrogen-bond acceptors (Lipinski definition) is 7. The zero-order chi connectivity index (χ0) is 19.4. The molecule has 0 aliphatic rings. The zero-order valence-corrected chi connectivity index (χ0v) is 14.8. The molecule has 0 spiro atoms. The summed E-state index contributed by atoms with van der Waals surface area (Å²) in [4.78, 5) is 45.8. The number of thiol groups is 1. The van der Waals surface area contributed by atoms with Crippen molar-refractivity contribution in [3.8, 4) is 0 Å². The van der Waals surface area contributed by atoms with Crippen molar-refractivity contribution in [2.75, 3.05) is 12.3 Å². The van der Waals surface area contributed by atoms with Crippen molar-refractivity contribution < 1.29 is 29.4 Å². The van der Waals surface area contributed by atoms with Crippen molar-refractivity contribution in [2.24, 2.45) is 17.4 Å². The number of Topliss-reactive ketones (excluding diaryl/α,β-unsaturated/α-hetero) is 1. The summed E-state index contributed by atoms with van der Waals surface area (Å²) in [6.07, 6.45) is 2.34. The largest absolute Gasteiger partial charge is 0.481 e. The van der Waals surface area contributed by atoms with Gasteiger partial charge in [0.15, 0.2) is 5.78 Å². The Morgan fingerprint density at radius 1 is 1.08 bits per heavy atom. The summed E-state index contributed by atoms with van der Waals surface area (Å²) >= 11 is 3.99. The number of rotatable bonds is 14. The fraction of sp³-hybridized carbons (Fsp3) is 0.667. The molecule has 0 heterocycles. The van der Waals surface area contributed by atoms with E-state index < -0.39 is 41.6 Å². The van der Waals surface area contributed by atoms with E-state index in [1.807, 2.05) is 0 Å². The number of carboxylic acids is 2. The Labute approximate surface area is 151 Å². The van der Waals surface area contributed by atoms with E-state index in [4.69, 9.17) is 21.7 Å². The second-order valence-corrected chi connectivity index (χ2v) is 5.95. The molecule has 3 unspecified atom stereocenters. The van der Waals surface area contributed by atoms with Gasteiger partial charge in [0.25, 0.3) is 0 Å². The molecule has 0 aliphatic heterocycles. The Balaban J connectivity index is 4.54. The van der Waals surface area contributed by atoms with Gasteiger partial charge in [0.05, 0.1) is 12.0 Å². The minimum Gasteiger partial charge on any atom is -0.481 e. The number of carbonyl (C=O) groups excluding carboxylic acids is 2. The molecule has 0 aromatic carbocycles. The predicted molar refractivity (Wildman–Crippen MR) is 94.0 cm³/mol. The van der Waals surface area contributed by atoms with Gasteiger partial charge in [0.2, 0.25) is 5.91 Å². The second kappa shape index (κ2) is 12.7. The van der Waals surface area contributed by atoms with Gasteiger partial charge in [-0.05, 0) is 25.8 Å². The Kier molecular flexibility index (Phi) is 11.8. The minimum absolute atomic E-state index is 0.0127. The third-order valence-corrected chi connectivity index (χ3v) is 3.88. The zero-order valence-electron chi connectivity index (χ0n) is 13.9. The summed E-state index contributed by atoms with van der Waals surface area (Å²) in [7, 11) is 0. The van der Waals surface area contributed by atoms with Gasteiger partial charge in [-0.2, -0.15) is 12.6 Å². The first-order valence-electron chi connectivity index (χ1n) is 7.93. The molecular formula is C15H26N3O6S. The van der Waals surface area contributed by atoms with E-state index in [9.17, 15) is 19.2 Å². The van der Waals surface area contributed by atoms with Gasteiger partial charge in [0.1, 0.15) is 6.04 Å². The number of unbranched alkanes of at least 4 members (excludes halogenated alkanes) is 1. The van der Waals surface area contributed by atoms with Crippen molar-refractivity contribution in [1.29, 1.82) is 0 Å². The van der Waals surface area contributed by atoms with Gasteiger partial charge in [-0.15, -0.1) is 0 Å². The number of nitrogens with one attached hydrogen (secondary N) is 1. The summed E-state index contributed by atoms with van der Waals surface area (Å²) in [5, 5.41) is 20.2. The summed E-state index contributed by atoms with van der Waals surface area (Å²) in [6.45, 7) is 0.439. The number of ketones is 1. The maximum atomic E-state index is 12.2. The highest BCUT2D eigenvalue weighted by Crippen LogP contribution is 2.14. The number of nitrogens with two attached hydrogens (primary N) is 2. The van der Waals surface area contributed by atoms with Crippen LogP contribution in [0.25, 0.3) is 0 Å². The first-order chi connectivity index (χ1) is 11.7. The predicted octanol–water partition coefficient (Wildman–Crippen LogP) is -0.804. The van der Waals surface area contributed by atoms with Crippen LogP contribution in [-0.4, -0.2) is 58.2 Å².